The lowest BCUT2D eigenvalue weighted by atomic mass is 10.1. The Morgan fingerprint density at radius 3 is 2.47 bits per heavy atom. The Morgan fingerprint density at radius 1 is 1.32 bits per heavy atom. The van der Waals surface area contributed by atoms with Crippen molar-refractivity contribution >= 4 is 24.3 Å². The molecule has 6 heteroatoms. The second kappa shape index (κ2) is 9.35. The van der Waals surface area contributed by atoms with Gasteiger partial charge in [0.1, 0.15) is 6.04 Å². The van der Waals surface area contributed by atoms with Gasteiger partial charge in [0, 0.05) is 13.0 Å². The van der Waals surface area contributed by atoms with Crippen molar-refractivity contribution in [1.82, 2.24) is 5.32 Å². The summed E-state index contributed by atoms with van der Waals surface area (Å²) < 4.78 is 4.68. The lowest BCUT2D eigenvalue weighted by Crippen LogP contribution is -2.38. The zero-order chi connectivity index (χ0) is 13.4. The van der Waals surface area contributed by atoms with Crippen LogP contribution in [0.15, 0.2) is 30.3 Å². The van der Waals surface area contributed by atoms with Crippen LogP contribution in [0.4, 0.5) is 0 Å². The Balaban J connectivity index is 0.00000324. The fraction of sp³-hybridized carbons (Fsp3) is 0.385. The summed E-state index contributed by atoms with van der Waals surface area (Å²) in [6, 6.07) is 9.17. The number of halogens is 1. The molecule has 0 fully saturated rings. The number of rotatable bonds is 7. The van der Waals surface area contributed by atoms with E-state index in [9.17, 15) is 9.59 Å². The van der Waals surface area contributed by atoms with E-state index < -0.39 is 11.9 Å². The van der Waals surface area contributed by atoms with Gasteiger partial charge in [-0.2, -0.15) is 0 Å². The van der Waals surface area contributed by atoms with Gasteiger partial charge in [0.05, 0.1) is 7.11 Å². The number of esters is 1. The van der Waals surface area contributed by atoms with Crippen molar-refractivity contribution in [3.8, 4) is 0 Å². The van der Waals surface area contributed by atoms with E-state index in [0.717, 1.165) is 5.56 Å². The first-order valence-corrected chi connectivity index (χ1v) is 5.77. The molecule has 1 aromatic rings. The minimum Gasteiger partial charge on any atom is -0.468 e. The van der Waals surface area contributed by atoms with Gasteiger partial charge in [0.25, 0.3) is 0 Å². The molecule has 0 radical (unpaired) electrons. The fourth-order valence-corrected chi connectivity index (χ4v) is 1.57. The first kappa shape index (κ1) is 17.4. The third kappa shape index (κ3) is 6.79. The Labute approximate surface area is 118 Å². The van der Waals surface area contributed by atoms with Crippen LogP contribution >= 0.6 is 12.4 Å². The van der Waals surface area contributed by atoms with Gasteiger partial charge in [-0.05, 0) is 12.0 Å². The molecule has 0 bridgehead atoms. The average molecular weight is 287 g/mol. The predicted octanol–water partition coefficient (Wildman–Crippen LogP) is 1.01. The molecule has 0 spiro atoms. The summed E-state index contributed by atoms with van der Waals surface area (Å²) in [4.78, 5) is 22.2. The number of ether oxygens (including phenoxy) is 1. The van der Waals surface area contributed by atoms with Crippen molar-refractivity contribution in [2.45, 2.75) is 25.4 Å². The summed E-state index contributed by atoms with van der Waals surface area (Å²) in [7, 11) is 1.32. The zero-order valence-electron chi connectivity index (χ0n) is 10.8. The zero-order valence-corrected chi connectivity index (χ0v) is 11.6. The summed E-state index contributed by atoms with van der Waals surface area (Å²) in [5.41, 5.74) is 6.13. The summed E-state index contributed by atoms with van der Waals surface area (Å²) >= 11 is 0. The number of methoxy groups -OCH3 is 1. The molecular weight excluding hydrogens is 268 g/mol. The van der Waals surface area contributed by atoms with E-state index in [-0.39, 0.29) is 24.8 Å². The van der Waals surface area contributed by atoms with Crippen LogP contribution < -0.4 is 11.1 Å². The van der Waals surface area contributed by atoms with Gasteiger partial charge in [-0.15, -0.1) is 12.4 Å². The standard InChI is InChI=1S/C13H18N2O3.ClH/c1-18-13(17)11(7-8-12(14)16)15-9-10-5-3-2-4-6-10;/h2-6,11,15H,7-9H2,1H3,(H2,14,16);1H/t11-;/m1./s1. The SMILES string of the molecule is COC(=O)[C@@H](CCC(N)=O)NCc1ccccc1.Cl. The van der Waals surface area contributed by atoms with Gasteiger partial charge in [0.2, 0.25) is 5.91 Å². The predicted molar refractivity (Wildman–Crippen MR) is 74.8 cm³/mol. The van der Waals surface area contributed by atoms with Crippen molar-refractivity contribution in [3.05, 3.63) is 35.9 Å². The molecule has 0 saturated carbocycles. The molecule has 19 heavy (non-hydrogen) atoms. The second-order valence-corrected chi connectivity index (χ2v) is 3.95. The highest BCUT2D eigenvalue weighted by Gasteiger charge is 2.18. The Kier molecular flexibility index (Phi) is 8.57. The maximum absolute atomic E-state index is 11.5. The number of hydrogen-bond acceptors (Lipinski definition) is 4. The Bertz CT molecular complexity index is 398. The van der Waals surface area contributed by atoms with Gasteiger partial charge < -0.3 is 15.8 Å². The summed E-state index contributed by atoms with van der Waals surface area (Å²) in [5, 5.41) is 3.06. The molecule has 1 amide bonds. The molecule has 0 saturated heterocycles. The summed E-state index contributed by atoms with van der Waals surface area (Å²) in [6.45, 7) is 0.541. The monoisotopic (exact) mass is 286 g/mol. The minimum atomic E-state index is -0.511. The molecule has 0 aliphatic rings. The lowest BCUT2D eigenvalue weighted by Gasteiger charge is -2.15. The maximum Gasteiger partial charge on any atom is 0.322 e. The highest BCUT2D eigenvalue weighted by atomic mass is 35.5. The summed E-state index contributed by atoms with van der Waals surface area (Å²) in [6.07, 6.45) is 0.496. The third-order valence-electron chi connectivity index (χ3n) is 2.56. The van der Waals surface area contributed by atoms with Crippen LogP contribution in [0.5, 0.6) is 0 Å². The van der Waals surface area contributed by atoms with Crippen LogP contribution in [0, 0.1) is 0 Å². The molecule has 5 nitrogen and oxygen atoms in total. The van der Waals surface area contributed by atoms with E-state index in [2.05, 4.69) is 10.1 Å². The third-order valence-corrected chi connectivity index (χ3v) is 2.56. The van der Waals surface area contributed by atoms with E-state index in [1.165, 1.54) is 7.11 Å². The second-order valence-electron chi connectivity index (χ2n) is 3.95. The maximum atomic E-state index is 11.5. The summed E-state index contributed by atoms with van der Waals surface area (Å²) in [5.74, 6) is -0.808. The van der Waals surface area contributed by atoms with Crippen molar-refractivity contribution in [2.75, 3.05) is 7.11 Å². The fourth-order valence-electron chi connectivity index (χ4n) is 1.57. The Morgan fingerprint density at radius 2 is 1.95 bits per heavy atom. The van der Waals surface area contributed by atoms with Crippen molar-refractivity contribution in [2.24, 2.45) is 5.73 Å². The van der Waals surface area contributed by atoms with Crippen LogP contribution in [-0.2, 0) is 20.9 Å². The minimum absolute atomic E-state index is 0. The van der Waals surface area contributed by atoms with E-state index >= 15 is 0 Å². The molecule has 0 aromatic heterocycles. The van der Waals surface area contributed by atoms with E-state index in [1.807, 2.05) is 30.3 Å². The van der Waals surface area contributed by atoms with Crippen LogP contribution in [-0.4, -0.2) is 25.0 Å². The molecule has 1 rings (SSSR count). The van der Waals surface area contributed by atoms with Crippen LogP contribution in [0.2, 0.25) is 0 Å². The molecule has 0 heterocycles. The van der Waals surface area contributed by atoms with Crippen molar-refractivity contribution in [3.63, 3.8) is 0 Å². The number of primary amides is 1. The van der Waals surface area contributed by atoms with E-state index in [4.69, 9.17) is 5.73 Å². The molecule has 3 N–H and O–H groups in total. The number of benzene rings is 1. The molecule has 106 valence electrons. The number of nitrogens with two attached hydrogens (primary N) is 1. The first-order valence-electron chi connectivity index (χ1n) is 5.77. The number of hydrogen-bond donors (Lipinski definition) is 2. The van der Waals surface area contributed by atoms with E-state index in [0.29, 0.717) is 13.0 Å². The quantitative estimate of drug-likeness (QED) is 0.733. The number of carbonyl (C=O) groups excluding carboxylic acids is 2. The van der Waals surface area contributed by atoms with Crippen LogP contribution in [0.1, 0.15) is 18.4 Å². The first-order chi connectivity index (χ1) is 8.63. The average Bonchev–Trinajstić information content (AvgIpc) is 2.39. The molecular formula is C13H19ClN2O3. The number of carbonyl (C=O) groups is 2. The largest absolute Gasteiger partial charge is 0.468 e. The van der Waals surface area contributed by atoms with Crippen molar-refractivity contribution in [1.29, 1.82) is 0 Å². The van der Waals surface area contributed by atoms with E-state index in [1.54, 1.807) is 0 Å². The lowest BCUT2D eigenvalue weighted by molar-refractivity contribution is -0.143. The highest BCUT2D eigenvalue weighted by Crippen LogP contribution is 2.03. The van der Waals surface area contributed by atoms with Gasteiger partial charge in [-0.25, -0.2) is 0 Å². The molecule has 1 aromatic carbocycles. The topological polar surface area (TPSA) is 81.4 Å². The smallest absolute Gasteiger partial charge is 0.322 e. The van der Waals surface area contributed by atoms with Crippen LogP contribution in [0.25, 0.3) is 0 Å². The molecule has 0 unspecified atom stereocenters. The number of nitrogens with one attached hydrogen (secondary N) is 1. The molecule has 1 atom stereocenters. The Hall–Kier alpha value is -1.59. The molecule has 0 aliphatic carbocycles. The van der Waals surface area contributed by atoms with Gasteiger partial charge >= 0.3 is 5.97 Å². The van der Waals surface area contributed by atoms with Gasteiger partial charge in [0.15, 0.2) is 0 Å². The molecule has 0 aliphatic heterocycles. The van der Waals surface area contributed by atoms with Crippen LogP contribution in [0.3, 0.4) is 0 Å². The van der Waals surface area contributed by atoms with Crippen molar-refractivity contribution < 1.29 is 14.3 Å². The normalized spacial score (nSPS) is 11.2. The van der Waals surface area contributed by atoms with Gasteiger partial charge in [-0.3, -0.25) is 9.59 Å². The highest BCUT2D eigenvalue weighted by molar-refractivity contribution is 5.85. The number of amides is 1. The van der Waals surface area contributed by atoms with Gasteiger partial charge in [-0.1, -0.05) is 30.3 Å².